The standard InChI is InChI=1S/C20H20F3N5O/c1-28-8-5-13(6-9-28)25-19(29)18-14-10-12(2-3-17(14)26-27-18)15-11-24-7-4-16(15)20(21,22)23/h2-4,7,10-11,13H,5-6,8-9H2,1H3,(H,25,29)(H,26,27). The van der Waals surface area contributed by atoms with E-state index in [0.29, 0.717) is 16.5 Å². The summed E-state index contributed by atoms with van der Waals surface area (Å²) in [7, 11) is 2.04. The van der Waals surface area contributed by atoms with Crippen molar-refractivity contribution in [1.29, 1.82) is 0 Å². The van der Waals surface area contributed by atoms with Gasteiger partial charge < -0.3 is 10.2 Å². The zero-order chi connectivity index (χ0) is 20.6. The van der Waals surface area contributed by atoms with Crippen LogP contribution in [0.25, 0.3) is 22.0 Å². The number of nitrogens with one attached hydrogen (secondary N) is 2. The van der Waals surface area contributed by atoms with Crippen LogP contribution in [0.3, 0.4) is 0 Å². The van der Waals surface area contributed by atoms with Gasteiger partial charge in [0.25, 0.3) is 5.91 Å². The quantitative estimate of drug-likeness (QED) is 0.702. The molecule has 3 aromatic rings. The van der Waals surface area contributed by atoms with Gasteiger partial charge in [0.15, 0.2) is 5.69 Å². The number of pyridine rings is 1. The average Bonchev–Trinajstić information content (AvgIpc) is 3.12. The molecule has 1 aliphatic heterocycles. The molecule has 1 aliphatic rings. The number of halogens is 3. The number of amides is 1. The Morgan fingerprint density at radius 1 is 1.24 bits per heavy atom. The van der Waals surface area contributed by atoms with E-state index in [-0.39, 0.29) is 23.2 Å². The zero-order valence-corrected chi connectivity index (χ0v) is 15.8. The molecule has 3 heterocycles. The topological polar surface area (TPSA) is 73.9 Å². The molecule has 1 saturated heterocycles. The highest BCUT2D eigenvalue weighted by molar-refractivity contribution is 6.05. The number of nitrogens with zero attached hydrogens (tertiary/aromatic N) is 3. The highest BCUT2D eigenvalue weighted by Gasteiger charge is 2.33. The van der Waals surface area contributed by atoms with Crippen LogP contribution >= 0.6 is 0 Å². The summed E-state index contributed by atoms with van der Waals surface area (Å²) in [6, 6.07) is 5.74. The van der Waals surface area contributed by atoms with Crippen LogP contribution in [0, 0.1) is 0 Å². The maximum atomic E-state index is 13.4. The maximum absolute atomic E-state index is 13.4. The van der Waals surface area contributed by atoms with Gasteiger partial charge in [-0.05, 0) is 56.7 Å². The molecule has 0 unspecified atom stereocenters. The Kier molecular flexibility index (Phi) is 4.99. The first-order valence-electron chi connectivity index (χ1n) is 9.32. The number of likely N-dealkylation sites (tertiary alicyclic amines) is 1. The first-order chi connectivity index (χ1) is 13.8. The van der Waals surface area contributed by atoms with E-state index in [9.17, 15) is 18.0 Å². The Morgan fingerprint density at radius 3 is 2.72 bits per heavy atom. The molecular weight excluding hydrogens is 383 g/mol. The fourth-order valence-electron chi connectivity index (χ4n) is 3.63. The SMILES string of the molecule is CN1CCC(NC(=O)c2n[nH]c3ccc(-c4cnccc4C(F)(F)F)cc23)CC1. The van der Waals surface area contributed by atoms with Crippen LogP contribution in [0.1, 0.15) is 28.9 Å². The molecule has 6 nitrogen and oxygen atoms in total. The second-order valence-corrected chi connectivity index (χ2v) is 7.30. The van der Waals surface area contributed by atoms with Gasteiger partial charge in [0, 0.05) is 29.4 Å². The number of benzene rings is 1. The molecule has 0 saturated carbocycles. The zero-order valence-electron chi connectivity index (χ0n) is 15.8. The number of piperidine rings is 1. The number of fused-ring (bicyclic) bond motifs is 1. The van der Waals surface area contributed by atoms with Gasteiger partial charge in [-0.3, -0.25) is 14.9 Å². The van der Waals surface area contributed by atoms with Crippen molar-refractivity contribution in [2.75, 3.05) is 20.1 Å². The molecule has 0 atom stereocenters. The largest absolute Gasteiger partial charge is 0.417 e. The minimum atomic E-state index is -4.50. The van der Waals surface area contributed by atoms with Gasteiger partial charge in [0.1, 0.15) is 0 Å². The number of carbonyl (C=O) groups is 1. The minimum absolute atomic E-state index is 0.0372. The lowest BCUT2D eigenvalue weighted by Crippen LogP contribution is -2.43. The summed E-state index contributed by atoms with van der Waals surface area (Å²) in [5.74, 6) is -0.329. The first-order valence-corrected chi connectivity index (χ1v) is 9.32. The van der Waals surface area contributed by atoms with Crippen molar-refractivity contribution < 1.29 is 18.0 Å². The van der Waals surface area contributed by atoms with Gasteiger partial charge in [-0.15, -0.1) is 0 Å². The molecule has 0 radical (unpaired) electrons. The van der Waals surface area contributed by atoms with Crippen molar-refractivity contribution >= 4 is 16.8 Å². The molecule has 4 rings (SSSR count). The Bertz CT molecular complexity index is 1040. The van der Waals surface area contributed by atoms with Crippen LogP contribution in [0.2, 0.25) is 0 Å². The molecule has 152 valence electrons. The van der Waals surface area contributed by atoms with Crippen LogP contribution in [-0.4, -0.2) is 52.2 Å². The number of hydrogen-bond acceptors (Lipinski definition) is 4. The predicted molar refractivity (Wildman–Crippen MR) is 102 cm³/mol. The summed E-state index contributed by atoms with van der Waals surface area (Å²) >= 11 is 0. The molecule has 0 spiro atoms. The third-order valence-electron chi connectivity index (χ3n) is 5.27. The van der Waals surface area contributed by atoms with E-state index in [0.717, 1.165) is 38.2 Å². The van der Waals surface area contributed by atoms with E-state index < -0.39 is 11.7 Å². The Hall–Kier alpha value is -2.94. The molecule has 0 aliphatic carbocycles. The monoisotopic (exact) mass is 403 g/mol. The molecule has 29 heavy (non-hydrogen) atoms. The lowest BCUT2D eigenvalue weighted by Gasteiger charge is -2.29. The molecule has 1 fully saturated rings. The summed E-state index contributed by atoms with van der Waals surface area (Å²) in [6.07, 6.45) is -0.509. The van der Waals surface area contributed by atoms with Gasteiger partial charge in [-0.1, -0.05) is 6.07 Å². The Balaban J connectivity index is 1.66. The van der Waals surface area contributed by atoms with E-state index in [1.165, 1.54) is 6.20 Å². The van der Waals surface area contributed by atoms with E-state index in [4.69, 9.17) is 0 Å². The van der Waals surface area contributed by atoms with Crippen LogP contribution < -0.4 is 5.32 Å². The third kappa shape index (κ3) is 3.95. The van der Waals surface area contributed by atoms with Crippen molar-refractivity contribution in [2.24, 2.45) is 0 Å². The third-order valence-corrected chi connectivity index (χ3v) is 5.27. The van der Waals surface area contributed by atoms with Gasteiger partial charge in [-0.2, -0.15) is 18.3 Å². The number of rotatable bonds is 3. The van der Waals surface area contributed by atoms with Gasteiger partial charge in [-0.25, -0.2) is 0 Å². The predicted octanol–water partition coefficient (Wildman–Crippen LogP) is 3.47. The van der Waals surface area contributed by atoms with Crippen molar-refractivity contribution in [2.45, 2.75) is 25.1 Å². The van der Waals surface area contributed by atoms with Crippen molar-refractivity contribution in [3.63, 3.8) is 0 Å². The van der Waals surface area contributed by atoms with E-state index in [1.54, 1.807) is 18.2 Å². The molecule has 1 aromatic carbocycles. The summed E-state index contributed by atoms with van der Waals surface area (Å²) in [6.45, 7) is 1.80. The highest BCUT2D eigenvalue weighted by atomic mass is 19.4. The van der Waals surface area contributed by atoms with Crippen molar-refractivity contribution in [1.82, 2.24) is 25.4 Å². The number of H-pyrrole nitrogens is 1. The van der Waals surface area contributed by atoms with Gasteiger partial charge in [0.2, 0.25) is 0 Å². The highest BCUT2D eigenvalue weighted by Crippen LogP contribution is 2.37. The minimum Gasteiger partial charge on any atom is -0.348 e. The normalized spacial score (nSPS) is 16.3. The Morgan fingerprint density at radius 2 is 2.00 bits per heavy atom. The van der Waals surface area contributed by atoms with E-state index >= 15 is 0 Å². The molecule has 2 aromatic heterocycles. The summed E-state index contributed by atoms with van der Waals surface area (Å²) in [5.41, 5.74) is 0.281. The van der Waals surface area contributed by atoms with Crippen LogP contribution in [0.15, 0.2) is 36.7 Å². The van der Waals surface area contributed by atoms with Crippen molar-refractivity contribution in [3.05, 3.63) is 47.9 Å². The number of alkyl halides is 3. The number of aromatic amines is 1. The van der Waals surface area contributed by atoms with Crippen LogP contribution in [0.5, 0.6) is 0 Å². The summed E-state index contributed by atoms with van der Waals surface area (Å²) in [5, 5.41) is 10.3. The number of aromatic nitrogens is 3. The first kappa shape index (κ1) is 19.4. The molecule has 9 heteroatoms. The molecule has 2 N–H and O–H groups in total. The summed E-state index contributed by atoms with van der Waals surface area (Å²) < 4.78 is 40.1. The van der Waals surface area contributed by atoms with Crippen LogP contribution in [0.4, 0.5) is 13.2 Å². The maximum Gasteiger partial charge on any atom is 0.417 e. The second kappa shape index (κ2) is 7.47. The van der Waals surface area contributed by atoms with Crippen LogP contribution in [-0.2, 0) is 6.18 Å². The van der Waals surface area contributed by atoms with Gasteiger partial charge in [0.05, 0.1) is 11.1 Å². The van der Waals surface area contributed by atoms with Gasteiger partial charge >= 0.3 is 6.18 Å². The smallest absolute Gasteiger partial charge is 0.348 e. The number of carbonyl (C=O) groups excluding carboxylic acids is 1. The molecule has 1 amide bonds. The number of hydrogen-bond donors (Lipinski definition) is 2. The van der Waals surface area contributed by atoms with E-state index in [2.05, 4.69) is 25.4 Å². The molecule has 0 bridgehead atoms. The molecular formula is C20H20F3N5O. The van der Waals surface area contributed by atoms with E-state index in [1.807, 2.05) is 7.05 Å². The summed E-state index contributed by atoms with van der Waals surface area (Å²) in [4.78, 5) is 18.8. The fourth-order valence-corrected chi connectivity index (χ4v) is 3.63. The lowest BCUT2D eigenvalue weighted by atomic mass is 9.99. The second-order valence-electron chi connectivity index (χ2n) is 7.30. The fraction of sp³-hybridized carbons (Fsp3) is 0.350. The van der Waals surface area contributed by atoms with Crippen molar-refractivity contribution in [3.8, 4) is 11.1 Å². The Labute approximate surface area is 165 Å². The lowest BCUT2D eigenvalue weighted by molar-refractivity contribution is -0.137. The average molecular weight is 403 g/mol.